The van der Waals surface area contributed by atoms with E-state index >= 15 is 0 Å². The lowest BCUT2D eigenvalue weighted by Gasteiger charge is -2.35. The van der Waals surface area contributed by atoms with Crippen LogP contribution in [-0.4, -0.2) is 50.5 Å². The van der Waals surface area contributed by atoms with Gasteiger partial charge < -0.3 is 9.80 Å². The second kappa shape index (κ2) is 6.57. The summed E-state index contributed by atoms with van der Waals surface area (Å²) in [7, 11) is 1.95. The summed E-state index contributed by atoms with van der Waals surface area (Å²) >= 11 is 0. The second-order valence-electron chi connectivity index (χ2n) is 7.12. The first-order valence-electron chi connectivity index (χ1n) is 9.02. The zero-order valence-corrected chi connectivity index (χ0v) is 15.2. The fraction of sp³-hybridized carbons (Fsp3) is 0.722. The molecule has 2 saturated heterocycles. The number of hydrogen-bond acceptors (Lipinski definition) is 3. The van der Waals surface area contributed by atoms with E-state index in [1.54, 1.807) is 4.90 Å². The molecule has 3 rings (SSSR count). The van der Waals surface area contributed by atoms with Crippen LogP contribution in [0.1, 0.15) is 62.0 Å². The van der Waals surface area contributed by atoms with Crippen molar-refractivity contribution < 1.29 is 9.59 Å². The van der Waals surface area contributed by atoms with Gasteiger partial charge in [-0.15, -0.1) is 0 Å². The van der Waals surface area contributed by atoms with E-state index in [-0.39, 0.29) is 23.9 Å². The van der Waals surface area contributed by atoms with Crippen LogP contribution >= 0.6 is 0 Å². The first kappa shape index (κ1) is 17.0. The van der Waals surface area contributed by atoms with Gasteiger partial charge >= 0.3 is 0 Å². The number of carbonyl (C=O) groups is 2. The molecule has 0 unspecified atom stereocenters. The highest BCUT2D eigenvalue weighted by atomic mass is 16.2. The smallest absolute Gasteiger partial charge is 0.245 e. The Bertz CT molecular complexity index is 652. The molecule has 6 heteroatoms. The van der Waals surface area contributed by atoms with Crippen molar-refractivity contribution in [3.05, 3.63) is 17.0 Å². The van der Waals surface area contributed by atoms with Crippen molar-refractivity contribution in [2.45, 2.75) is 65.0 Å². The quantitative estimate of drug-likeness (QED) is 0.852. The van der Waals surface area contributed by atoms with Crippen LogP contribution in [0.4, 0.5) is 0 Å². The van der Waals surface area contributed by atoms with Crippen LogP contribution in [0.5, 0.6) is 0 Å². The summed E-state index contributed by atoms with van der Waals surface area (Å²) in [6.07, 6.45) is 4.48. The Morgan fingerprint density at radius 2 is 1.96 bits per heavy atom. The van der Waals surface area contributed by atoms with Crippen LogP contribution < -0.4 is 0 Å². The molecule has 1 aromatic rings. The van der Waals surface area contributed by atoms with Crippen molar-refractivity contribution in [2.75, 3.05) is 13.1 Å². The van der Waals surface area contributed by atoms with Gasteiger partial charge in [0, 0.05) is 37.8 Å². The summed E-state index contributed by atoms with van der Waals surface area (Å²) in [4.78, 5) is 29.0. The van der Waals surface area contributed by atoms with Crippen molar-refractivity contribution in [3.63, 3.8) is 0 Å². The molecule has 3 heterocycles. The van der Waals surface area contributed by atoms with Crippen molar-refractivity contribution in [2.24, 2.45) is 7.05 Å². The van der Waals surface area contributed by atoms with Gasteiger partial charge in [0.05, 0.1) is 11.7 Å². The molecule has 132 valence electrons. The molecule has 2 atom stereocenters. The van der Waals surface area contributed by atoms with Crippen molar-refractivity contribution in [1.82, 2.24) is 19.6 Å². The van der Waals surface area contributed by atoms with Crippen molar-refractivity contribution in [1.29, 1.82) is 0 Å². The maximum atomic E-state index is 13.1. The number of amides is 2. The highest BCUT2D eigenvalue weighted by molar-refractivity contribution is 5.88. The third-order valence-corrected chi connectivity index (χ3v) is 5.62. The molecular weight excluding hydrogens is 304 g/mol. The predicted octanol–water partition coefficient (Wildman–Crippen LogP) is 2.10. The number of nitrogens with zero attached hydrogens (tertiary/aromatic N) is 4. The lowest BCUT2D eigenvalue weighted by atomic mass is 10.0. The van der Waals surface area contributed by atoms with Crippen LogP contribution in [0.15, 0.2) is 0 Å². The van der Waals surface area contributed by atoms with E-state index in [0.29, 0.717) is 13.0 Å². The highest BCUT2D eigenvalue weighted by Gasteiger charge is 2.38. The molecule has 1 aromatic heterocycles. The van der Waals surface area contributed by atoms with Crippen LogP contribution in [0.25, 0.3) is 0 Å². The van der Waals surface area contributed by atoms with E-state index in [1.165, 1.54) is 5.56 Å². The monoisotopic (exact) mass is 332 g/mol. The summed E-state index contributed by atoms with van der Waals surface area (Å²) in [5.41, 5.74) is 3.31. The van der Waals surface area contributed by atoms with Gasteiger partial charge in [0.25, 0.3) is 0 Å². The average molecular weight is 332 g/mol. The number of rotatable bonds is 3. The fourth-order valence-corrected chi connectivity index (χ4v) is 4.21. The van der Waals surface area contributed by atoms with Gasteiger partial charge in [0.2, 0.25) is 11.8 Å². The maximum Gasteiger partial charge on any atom is 0.245 e. The van der Waals surface area contributed by atoms with Gasteiger partial charge in [-0.25, -0.2) is 0 Å². The number of aryl methyl sites for hydroxylation is 2. The van der Waals surface area contributed by atoms with E-state index in [2.05, 4.69) is 12.0 Å². The van der Waals surface area contributed by atoms with E-state index in [0.717, 1.165) is 43.6 Å². The minimum atomic E-state index is -0.365. The number of carbonyl (C=O) groups excluding carboxylic acids is 2. The van der Waals surface area contributed by atoms with E-state index in [9.17, 15) is 9.59 Å². The summed E-state index contributed by atoms with van der Waals surface area (Å²) in [5.74, 6) is 0.196. The average Bonchev–Trinajstić information content (AvgIpc) is 3.11. The Hall–Kier alpha value is -1.85. The minimum Gasteiger partial charge on any atom is -0.334 e. The van der Waals surface area contributed by atoms with E-state index in [1.807, 2.05) is 30.5 Å². The lowest BCUT2D eigenvalue weighted by Crippen LogP contribution is -2.50. The molecule has 24 heavy (non-hydrogen) atoms. The van der Waals surface area contributed by atoms with Crippen LogP contribution in [0.2, 0.25) is 0 Å². The predicted molar refractivity (Wildman–Crippen MR) is 91.4 cm³/mol. The number of likely N-dealkylation sites (tertiary alicyclic amines) is 2. The molecule has 2 aliphatic heterocycles. The molecule has 0 bridgehead atoms. The molecule has 0 spiro atoms. The molecule has 2 aliphatic rings. The minimum absolute atomic E-state index is 0.0791. The SMILES string of the molecule is Cc1nn(C)c(C)c1[C@@H]1CCCN1C(=O)[C@H](C)N1CCCCC1=O. The third kappa shape index (κ3) is 2.82. The maximum absolute atomic E-state index is 13.1. The Kier molecular flexibility index (Phi) is 4.65. The first-order valence-corrected chi connectivity index (χ1v) is 9.02. The second-order valence-corrected chi connectivity index (χ2v) is 7.12. The standard InChI is InChI=1S/C18H28N4O2/c1-12-17(13(2)20(4)19-12)15-8-7-11-22(15)18(24)14(3)21-10-6-5-9-16(21)23/h14-15H,5-11H2,1-4H3/t14-,15-/m0/s1. The molecule has 6 nitrogen and oxygen atoms in total. The molecule has 0 radical (unpaired) electrons. The number of piperidine rings is 1. The molecule has 0 aliphatic carbocycles. The van der Waals surface area contributed by atoms with Crippen molar-refractivity contribution in [3.8, 4) is 0 Å². The normalized spacial score (nSPS) is 23.0. The molecule has 0 aromatic carbocycles. The van der Waals surface area contributed by atoms with Gasteiger partial charge in [0.15, 0.2) is 0 Å². The number of aromatic nitrogens is 2. The highest BCUT2D eigenvalue weighted by Crippen LogP contribution is 2.36. The summed E-state index contributed by atoms with van der Waals surface area (Å²) in [6.45, 7) is 7.43. The molecule has 0 N–H and O–H groups in total. The summed E-state index contributed by atoms with van der Waals surface area (Å²) in [5, 5.41) is 4.51. The van der Waals surface area contributed by atoms with Gasteiger partial charge in [-0.1, -0.05) is 0 Å². The zero-order chi connectivity index (χ0) is 17.4. The fourth-order valence-electron chi connectivity index (χ4n) is 4.21. The Balaban J connectivity index is 1.82. The largest absolute Gasteiger partial charge is 0.334 e. The Morgan fingerprint density at radius 1 is 1.21 bits per heavy atom. The van der Waals surface area contributed by atoms with Gasteiger partial charge in [0.1, 0.15) is 6.04 Å². The molecular formula is C18H28N4O2. The van der Waals surface area contributed by atoms with Gasteiger partial charge in [-0.05, 0) is 46.5 Å². The lowest BCUT2D eigenvalue weighted by molar-refractivity contribution is -0.147. The van der Waals surface area contributed by atoms with Crippen LogP contribution in [0.3, 0.4) is 0 Å². The third-order valence-electron chi connectivity index (χ3n) is 5.62. The zero-order valence-electron chi connectivity index (χ0n) is 15.2. The summed E-state index contributed by atoms with van der Waals surface area (Å²) < 4.78 is 1.89. The van der Waals surface area contributed by atoms with Gasteiger partial charge in [-0.2, -0.15) is 5.10 Å². The molecule has 0 saturated carbocycles. The van der Waals surface area contributed by atoms with Crippen molar-refractivity contribution >= 4 is 11.8 Å². The van der Waals surface area contributed by atoms with E-state index in [4.69, 9.17) is 0 Å². The van der Waals surface area contributed by atoms with Crippen LogP contribution in [0, 0.1) is 13.8 Å². The topological polar surface area (TPSA) is 58.4 Å². The van der Waals surface area contributed by atoms with Crippen LogP contribution in [-0.2, 0) is 16.6 Å². The molecule has 2 fully saturated rings. The first-order chi connectivity index (χ1) is 11.4. The summed E-state index contributed by atoms with van der Waals surface area (Å²) in [6, 6.07) is -0.274. The Morgan fingerprint density at radius 3 is 2.58 bits per heavy atom. The Labute approximate surface area is 143 Å². The van der Waals surface area contributed by atoms with Gasteiger partial charge in [-0.3, -0.25) is 14.3 Å². The number of hydrogen-bond donors (Lipinski definition) is 0. The molecule has 2 amide bonds. The van der Waals surface area contributed by atoms with E-state index < -0.39 is 0 Å².